The predicted octanol–water partition coefficient (Wildman–Crippen LogP) is -0.196. The first kappa shape index (κ1) is 20.7. The first-order valence-electron chi connectivity index (χ1n) is 9.01. The molecular weight excluding hydrogens is 509 g/mol. The van der Waals surface area contributed by atoms with Crippen LogP contribution in [0.5, 0.6) is 5.75 Å². The normalized spacial score (nSPS) is 23.6. The van der Waals surface area contributed by atoms with Crippen LogP contribution in [0.3, 0.4) is 0 Å². The molecule has 11 nitrogen and oxygen atoms in total. The summed E-state index contributed by atoms with van der Waals surface area (Å²) in [7, 11) is 0. The van der Waals surface area contributed by atoms with Crippen molar-refractivity contribution in [2.45, 2.75) is 31.1 Å². The van der Waals surface area contributed by atoms with Crippen molar-refractivity contribution in [1.82, 2.24) is 24.5 Å². The summed E-state index contributed by atoms with van der Waals surface area (Å²) in [5.41, 5.74) is -0.757. The van der Waals surface area contributed by atoms with Gasteiger partial charge in [0.05, 0.1) is 12.8 Å². The van der Waals surface area contributed by atoms with Crippen molar-refractivity contribution in [2.24, 2.45) is 0 Å². The van der Waals surface area contributed by atoms with Crippen LogP contribution >= 0.6 is 22.6 Å². The number of H-pyrrole nitrogens is 1. The molecule has 3 heterocycles. The Kier molecular flexibility index (Phi) is 5.99. The quantitative estimate of drug-likeness (QED) is 0.374. The molecular formula is C18H18IN5O6. The Bertz CT molecular complexity index is 1130. The molecule has 0 spiro atoms. The third kappa shape index (κ3) is 4.16. The largest absolute Gasteiger partial charge is 0.487 e. The number of hydrogen-bond donors (Lipinski definition) is 3. The lowest BCUT2D eigenvalue weighted by molar-refractivity contribution is -0.0479. The average molecular weight is 527 g/mol. The zero-order valence-corrected chi connectivity index (χ0v) is 17.6. The van der Waals surface area contributed by atoms with Gasteiger partial charge in [0.15, 0.2) is 6.23 Å². The van der Waals surface area contributed by atoms with E-state index < -0.39 is 42.3 Å². The van der Waals surface area contributed by atoms with Crippen LogP contribution in [0.25, 0.3) is 0 Å². The van der Waals surface area contributed by atoms with Crippen molar-refractivity contribution < 1.29 is 19.7 Å². The molecule has 1 fully saturated rings. The zero-order valence-electron chi connectivity index (χ0n) is 15.5. The summed E-state index contributed by atoms with van der Waals surface area (Å²) in [6.45, 7) is -0.305. The highest BCUT2D eigenvalue weighted by Crippen LogP contribution is 2.37. The van der Waals surface area contributed by atoms with Gasteiger partial charge in [-0.1, -0.05) is 5.21 Å². The van der Waals surface area contributed by atoms with Gasteiger partial charge in [-0.25, -0.2) is 9.48 Å². The van der Waals surface area contributed by atoms with Crippen LogP contribution in [-0.2, 0) is 11.3 Å². The van der Waals surface area contributed by atoms with Crippen molar-refractivity contribution in [2.75, 3.05) is 6.61 Å². The fraction of sp³-hybridized carbons (Fsp3) is 0.333. The van der Waals surface area contributed by atoms with Gasteiger partial charge in [-0.05, 0) is 46.9 Å². The number of benzene rings is 1. The van der Waals surface area contributed by atoms with E-state index in [1.807, 2.05) is 24.3 Å². The maximum absolute atomic E-state index is 12.2. The van der Waals surface area contributed by atoms with Crippen LogP contribution < -0.4 is 16.0 Å². The fourth-order valence-electron chi connectivity index (χ4n) is 3.24. The number of aromatic amines is 1. The first-order chi connectivity index (χ1) is 14.5. The second-order valence-electron chi connectivity index (χ2n) is 6.68. The highest BCUT2D eigenvalue weighted by Gasteiger charge is 2.46. The summed E-state index contributed by atoms with van der Waals surface area (Å²) in [6, 6.07) is 7.82. The van der Waals surface area contributed by atoms with Crippen LogP contribution in [0.4, 0.5) is 0 Å². The number of nitrogens with one attached hydrogen (secondary N) is 1. The molecule has 0 radical (unpaired) electrons. The van der Waals surface area contributed by atoms with Crippen LogP contribution in [0, 0.1) is 3.57 Å². The third-order valence-electron chi connectivity index (χ3n) is 4.71. The van der Waals surface area contributed by atoms with Gasteiger partial charge >= 0.3 is 5.69 Å². The molecule has 1 aromatic carbocycles. The highest BCUT2D eigenvalue weighted by molar-refractivity contribution is 14.1. The Hall–Kier alpha value is -2.55. The summed E-state index contributed by atoms with van der Waals surface area (Å²) in [5.74, 6) is 0.673. The van der Waals surface area contributed by atoms with Gasteiger partial charge in [-0.15, -0.1) is 5.10 Å². The van der Waals surface area contributed by atoms with E-state index in [4.69, 9.17) is 9.47 Å². The summed E-state index contributed by atoms with van der Waals surface area (Å²) in [5, 5.41) is 28.2. The Morgan fingerprint density at radius 2 is 2.00 bits per heavy atom. The lowest BCUT2D eigenvalue weighted by Crippen LogP contribution is -2.36. The third-order valence-corrected chi connectivity index (χ3v) is 5.43. The summed E-state index contributed by atoms with van der Waals surface area (Å²) >= 11 is 2.20. The number of ether oxygens (including phenoxy) is 2. The number of rotatable bonds is 6. The molecule has 1 aliphatic heterocycles. The summed E-state index contributed by atoms with van der Waals surface area (Å²) in [4.78, 5) is 25.7. The Morgan fingerprint density at radius 3 is 2.70 bits per heavy atom. The highest BCUT2D eigenvalue weighted by atomic mass is 127. The standard InChI is InChI=1S/C18H18IN5O6/c19-10-1-3-12(4-2-10)29-9-11-7-24(22-21-11)15-16(27)13(8-25)30-17(15)23-6-5-14(26)20-18(23)28/h1-7,13,15-17,25,27H,8-9H2,(H,20,26,28)/t13-,15-,16-,17-/m1/s1. The average Bonchev–Trinajstić information content (AvgIpc) is 3.31. The summed E-state index contributed by atoms with van der Waals surface area (Å²) in [6.07, 6.45) is -0.260. The molecule has 3 aromatic rings. The molecule has 12 heteroatoms. The number of nitrogens with zero attached hydrogens (tertiary/aromatic N) is 4. The van der Waals surface area contributed by atoms with Gasteiger partial charge in [0.1, 0.15) is 36.3 Å². The number of aromatic nitrogens is 5. The molecule has 1 aliphatic rings. The van der Waals surface area contributed by atoms with E-state index in [9.17, 15) is 19.8 Å². The van der Waals surface area contributed by atoms with E-state index >= 15 is 0 Å². The second-order valence-corrected chi connectivity index (χ2v) is 7.92. The van der Waals surface area contributed by atoms with Crippen LogP contribution in [0.2, 0.25) is 0 Å². The molecule has 4 rings (SSSR count). The molecule has 3 N–H and O–H groups in total. The van der Waals surface area contributed by atoms with Crippen molar-refractivity contribution in [1.29, 1.82) is 0 Å². The number of aliphatic hydroxyl groups is 2. The molecule has 0 aliphatic carbocycles. The molecule has 2 aromatic heterocycles. The van der Waals surface area contributed by atoms with Crippen molar-refractivity contribution >= 4 is 22.6 Å². The van der Waals surface area contributed by atoms with Gasteiger partial charge in [-0.2, -0.15) is 0 Å². The van der Waals surface area contributed by atoms with E-state index in [-0.39, 0.29) is 6.61 Å². The Labute approximate surface area is 183 Å². The minimum absolute atomic E-state index is 0.150. The lowest BCUT2D eigenvalue weighted by atomic mass is 10.1. The zero-order chi connectivity index (χ0) is 21.3. The molecule has 0 amide bonds. The Morgan fingerprint density at radius 1 is 1.23 bits per heavy atom. The Balaban J connectivity index is 1.57. The predicted molar refractivity (Wildman–Crippen MR) is 111 cm³/mol. The monoisotopic (exact) mass is 527 g/mol. The maximum atomic E-state index is 12.2. The van der Waals surface area contributed by atoms with Crippen LogP contribution in [-0.4, -0.2) is 53.6 Å². The van der Waals surface area contributed by atoms with E-state index in [0.717, 1.165) is 8.14 Å². The van der Waals surface area contributed by atoms with Gasteiger partial charge in [0.2, 0.25) is 0 Å². The van der Waals surface area contributed by atoms with Gasteiger partial charge in [0.25, 0.3) is 5.56 Å². The number of halogens is 1. The molecule has 1 saturated heterocycles. The van der Waals surface area contributed by atoms with Gasteiger partial charge in [0, 0.05) is 15.8 Å². The van der Waals surface area contributed by atoms with Crippen molar-refractivity contribution in [3.8, 4) is 5.75 Å². The maximum Gasteiger partial charge on any atom is 0.330 e. The van der Waals surface area contributed by atoms with E-state index in [1.54, 1.807) is 6.20 Å². The summed E-state index contributed by atoms with van der Waals surface area (Å²) < 4.78 is 14.9. The minimum Gasteiger partial charge on any atom is -0.487 e. The minimum atomic E-state index is -1.16. The van der Waals surface area contributed by atoms with Crippen molar-refractivity contribution in [3.63, 3.8) is 0 Å². The molecule has 0 saturated carbocycles. The smallest absolute Gasteiger partial charge is 0.330 e. The van der Waals surface area contributed by atoms with E-state index in [1.165, 1.54) is 16.9 Å². The van der Waals surface area contributed by atoms with Crippen molar-refractivity contribution in [3.05, 3.63) is 72.8 Å². The number of hydrogen-bond acceptors (Lipinski definition) is 8. The molecule has 158 valence electrons. The van der Waals surface area contributed by atoms with E-state index in [2.05, 4.69) is 37.9 Å². The molecule has 30 heavy (non-hydrogen) atoms. The van der Waals surface area contributed by atoms with Crippen LogP contribution in [0.15, 0.2) is 52.3 Å². The first-order valence-corrected chi connectivity index (χ1v) is 10.1. The lowest BCUT2D eigenvalue weighted by Gasteiger charge is -2.21. The number of aliphatic hydroxyl groups excluding tert-OH is 2. The molecule has 0 bridgehead atoms. The molecule has 0 unspecified atom stereocenters. The SMILES string of the molecule is O=c1ccn([C@@H]2O[C@H](CO)[C@@H](O)[C@H]2n2cc(COc3ccc(I)cc3)nn2)c(=O)[nH]1. The van der Waals surface area contributed by atoms with Crippen LogP contribution in [0.1, 0.15) is 18.0 Å². The second kappa shape index (κ2) is 8.67. The van der Waals surface area contributed by atoms with Gasteiger partial charge in [-0.3, -0.25) is 14.3 Å². The fourth-order valence-corrected chi connectivity index (χ4v) is 3.60. The molecule has 4 atom stereocenters. The van der Waals surface area contributed by atoms with E-state index in [0.29, 0.717) is 11.4 Å². The van der Waals surface area contributed by atoms with Gasteiger partial charge < -0.3 is 19.7 Å². The topological polar surface area (TPSA) is 144 Å².